The van der Waals surface area contributed by atoms with Gasteiger partial charge in [-0.15, -0.1) is 0 Å². The molecular formula is C9H20N2O2S. The highest BCUT2D eigenvalue weighted by Gasteiger charge is 2.32. The maximum Gasteiger partial charge on any atom is 0.281 e. The Balaban J connectivity index is 2.83. The maximum atomic E-state index is 11.9. The predicted molar refractivity (Wildman–Crippen MR) is 57.2 cm³/mol. The molecule has 0 aliphatic carbocycles. The normalized spacial score (nSPS) is 25.6. The molecule has 0 spiro atoms. The van der Waals surface area contributed by atoms with Crippen LogP contribution in [0.2, 0.25) is 0 Å². The van der Waals surface area contributed by atoms with Crippen LogP contribution < -0.4 is 0 Å². The zero-order chi connectivity index (χ0) is 10.8. The van der Waals surface area contributed by atoms with Gasteiger partial charge in [0.1, 0.15) is 0 Å². The Hall–Kier alpha value is -0.130. The van der Waals surface area contributed by atoms with E-state index in [2.05, 4.69) is 0 Å². The van der Waals surface area contributed by atoms with Gasteiger partial charge in [0.25, 0.3) is 10.2 Å². The average molecular weight is 220 g/mol. The third-order valence-electron chi connectivity index (χ3n) is 2.80. The van der Waals surface area contributed by atoms with Gasteiger partial charge in [-0.2, -0.15) is 17.0 Å². The Kier molecular flexibility index (Phi) is 3.92. The lowest BCUT2D eigenvalue weighted by molar-refractivity contribution is 0.234. The van der Waals surface area contributed by atoms with Crippen molar-refractivity contribution in [2.75, 3.05) is 20.6 Å². The van der Waals surface area contributed by atoms with Crippen molar-refractivity contribution in [2.45, 2.75) is 38.6 Å². The number of nitrogens with zero attached hydrogens (tertiary/aromatic N) is 2. The van der Waals surface area contributed by atoms with Crippen LogP contribution >= 0.6 is 0 Å². The Labute approximate surface area is 87.1 Å². The van der Waals surface area contributed by atoms with Crippen molar-refractivity contribution >= 4 is 10.2 Å². The van der Waals surface area contributed by atoms with E-state index in [1.165, 1.54) is 4.31 Å². The Bertz CT molecular complexity index is 275. The van der Waals surface area contributed by atoms with Crippen LogP contribution in [0.4, 0.5) is 0 Å². The van der Waals surface area contributed by atoms with Crippen LogP contribution in [0.5, 0.6) is 0 Å². The smallest absolute Gasteiger partial charge is 0.195 e. The highest BCUT2D eigenvalue weighted by molar-refractivity contribution is 7.86. The Morgan fingerprint density at radius 2 is 2.00 bits per heavy atom. The van der Waals surface area contributed by atoms with E-state index < -0.39 is 10.2 Å². The molecule has 14 heavy (non-hydrogen) atoms. The maximum absolute atomic E-state index is 11.9. The number of rotatable bonds is 3. The molecule has 1 atom stereocenters. The van der Waals surface area contributed by atoms with Crippen LogP contribution in [0.25, 0.3) is 0 Å². The molecule has 4 nitrogen and oxygen atoms in total. The molecule has 84 valence electrons. The van der Waals surface area contributed by atoms with Gasteiger partial charge in [0.2, 0.25) is 0 Å². The van der Waals surface area contributed by atoms with Crippen molar-refractivity contribution in [3.8, 4) is 0 Å². The standard InChI is InChI=1S/C9H20N2O2S/c1-4-9-7-5-6-8-11(9)14(12,13)10(2)3/h9H,4-8H2,1-3H3. The molecule has 1 aliphatic rings. The first-order valence-corrected chi connectivity index (χ1v) is 6.59. The molecule has 0 radical (unpaired) electrons. The largest absolute Gasteiger partial charge is 0.281 e. The number of hydrogen-bond acceptors (Lipinski definition) is 2. The second-order valence-electron chi connectivity index (χ2n) is 3.96. The molecular weight excluding hydrogens is 200 g/mol. The monoisotopic (exact) mass is 220 g/mol. The molecule has 0 saturated carbocycles. The van der Waals surface area contributed by atoms with Crippen LogP contribution in [0.3, 0.4) is 0 Å². The van der Waals surface area contributed by atoms with Gasteiger partial charge in [0.05, 0.1) is 0 Å². The van der Waals surface area contributed by atoms with Crippen LogP contribution in [0.15, 0.2) is 0 Å². The molecule has 1 aliphatic heterocycles. The first-order chi connectivity index (χ1) is 6.50. The van der Waals surface area contributed by atoms with Crippen molar-refractivity contribution in [3.05, 3.63) is 0 Å². The quantitative estimate of drug-likeness (QED) is 0.713. The molecule has 1 heterocycles. The van der Waals surface area contributed by atoms with E-state index in [1.807, 2.05) is 6.92 Å². The third-order valence-corrected chi connectivity index (χ3v) is 4.80. The van der Waals surface area contributed by atoms with Crippen molar-refractivity contribution < 1.29 is 8.42 Å². The molecule has 1 unspecified atom stereocenters. The van der Waals surface area contributed by atoms with Gasteiger partial charge in [0.15, 0.2) is 0 Å². The lowest BCUT2D eigenvalue weighted by Gasteiger charge is -2.35. The summed E-state index contributed by atoms with van der Waals surface area (Å²) in [4.78, 5) is 0. The van der Waals surface area contributed by atoms with Gasteiger partial charge in [-0.05, 0) is 19.3 Å². The van der Waals surface area contributed by atoms with Gasteiger partial charge in [-0.1, -0.05) is 13.3 Å². The van der Waals surface area contributed by atoms with Gasteiger partial charge in [-0.25, -0.2) is 0 Å². The third kappa shape index (κ3) is 2.27. The molecule has 0 N–H and O–H groups in total. The molecule has 0 bridgehead atoms. The Morgan fingerprint density at radius 1 is 1.36 bits per heavy atom. The van der Waals surface area contributed by atoms with E-state index in [0.717, 1.165) is 25.7 Å². The van der Waals surface area contributed by atoms with Gasteiger partial charge in [-0.3, -0.25) is 0 Å². The van der Waals surface area contributed by atoms with Crippen molar-refractivity contribution in [2.24, 2.45) is 0 Å². The molecule has 0 amide bonds. The zero-order valence-corrected chi connectivity index (χ0v) is 10.0. The summed E-state index contributed by atoms with van der Waals surface area (Å²) in [6, 6.07) is 0.205. The second kappa shape index (κ2) is 4.59. The lowest BCUT2D eigenvalue weighted by Crippen LogP contribution is -2.48. The summed E-state index contributed by atoms with van der Waals surface area (Å²) in [5.74, 6) is 0. The van der Waals surface area contributed by atoms with Crippen molar-refractivity contribution in [3.63, 3.8) is 0 Å². The van der Waals surface area contributed by atoms with Gasteiger partial charge in [0, 0.05) is 26.7 Å². The zero-order valence-electron chi connectivity index (χ0n) is 9.23. The summed E-state index contributed by atoms with van der Waals surface area (Å²) in [5, 5.41) is 0. The molecule has 0 aromatic rings. The first kappa shape index (κ1) is 11.9. The number of piperidine rings is 1. The fourth-order valence-electron chi connectivity index (χ4n) is 1.90. The van der Waals surface area contributed by atoms with Gasteiger partial charge >= 0.3 is 0 Å². The molecule has 1 saturated heterocycles. The van der Waals surface area contributed by atoms with Crippen molar-refractivity contribution in [1.29, 1.82) is 0 Å². The molecule has 1 rings (SSSR count). The minimum absolute atomic E-state index is 0.205. The summed E-state index contributed by atoms with van der Waals surface area (Å²) in [5.41, 5.74) is 0. The highest BCUT2D eigenvalue weighted by Crippen LogP contribution is 2.23. The molecule has 0 aromatic heterocycles. The van der Waals surface area contributed by atoms with E-state index in [1.54, 1.807) is 18.4 Å². The van der Waals surface area contributed by atoms with E-state index in [-0.39, 0.29) is 6.04 Å². The molecule has 5 heteroatoms. The Morgan fingerprint density at radius 3 is 2.50 bits per heavy atom. The van der Waals surface area contributed by atoms with E-state index >= 15 is 0 Å². The molecule has 0 aromatic carbocycles. The summed E-state index contributed by atoms with van der Waals surface area (Å²) in [6.45, 7) is 2.73. The fraction of sp³-hybridized carbons (Fsp3) is 1.00. The number of hydrogen-bond donors (Lipinski definition) is 0. The minimum Gasteiger partial charge on any atom is -0.195 e. The summed E-state index contributed by atoms with van der Waals surface area (Å²) in [6.07, 6.45) is 4.05. The van der Waals surface area contributed by atoms with E-state index in [9.17, 15) is 8.42 Å². The topological polar surface area (TPSA) is 40.6 Å². The predicted octanol–water partition coefficient (Wildman–Crippen LogP) is 1.06. The lowest BCUT2D eigenvalue weighted by atomic mass is 10.0. The summed E-state index contributed by atoms with van der Waals surface area (Å²) in [7, 11) is -0.00674. The average Bonchev–Trinajstić information content (AvgIpc) is 2.17. The van der Waals surface area contributed by atoms with Crippen LogP contribution in [0.1, 0.15) is 32.6 Å². The van der Waals surface area contributed by atoms with E-state index in [0.29, 0.717) is 6.54 Å². The van der Waals surface area contributed by atoms with Gasteiger partial charge < -0.3 is 0 Å². The summed E-state index contributed by atoms with van der Waals surface area (Å²) >= 11 is 0. The first-order valence-electron chi connectivity index (χ1n) is 5.19. The summed E-state index contributed by atoms with van der Waals surface area (Å²) < 4.78 is 26.8. The minimum atomic E-state index is -3.19. The van der Waals surface area contributed by atoms with Crippen LogP contribution in [-0.2, 0) is 10.2 Å². The second-order valence-corrected chi connectivity index (χ2v) is 6.05. The fourth-order valence-corrected chi connectivity index (χ4v) is 3.31. The van der Waals surface area contributed by atoms with Crippen molar-refractivity contribution in [1.82, 2.24) is 8.61 Å². The highest BCUT2D eigenvalue weighted by atomic mass is 32.2. The van der Waals surface area contributed by atoms with Crippen LogP contribution in [-0.4, -0.2) is 43.7 Å². The van der Waals surface area contributed by atoms with E-state index in [4.69, 9.17) is 0 Å². The SMILES string of the molecule is CCC1CCCCN1S(=O)(=O)N(C)C. The van der Waals surface area contributed by atoms with Crippen LogP contribution in [0, 0.1) is 0 Å². The molecule has 1 fully saturated rings.